The molecule has 0 aromatic rings. The van der Waals surface area contributed by atoms with Crippen LogP contribution >= 0.6 is 0 Å². The van der Waals surface area contributed by atoms with Gasteiger partial charge in [0.25, 0.3) is 5.91 Å². The zero-order valence-corrected chi connectivity index (χ0v) is 10.2. The number of amides is 1. The van der Waals surface area contributed by atoms with E-state index < -0.39 is 17.9 Å². The van der Waals surface area contributed by atoms with Gasteiger partial charge in [0.05, 0.1) is 19.3 Å². The van der Waals surface area contributed by atoms with Crippen LogP contribution in [0.3, 0.4) is 0 Å². The van der Waals surface area contributed by atoms with E-state index in [1.54, 1.807) is 28.0 Å². The Hall–Kier alpha value is -1.14. The van der Waals surface area contributed by atoms with E-state index in [0.717, 1.165) is 0 Å². The molecule has 6 nitrogen and oxygen atoms in total. The van der Waals surface area contributed by atoms with Crippen LogP contribution in [0.5, 0.6) is 0 Å². The summed E-state index contributed by atoms with van der Waals surface area (Å²) in [6.07, 6.45) is 0. The number of hydrogen-bond acceptors (Lipinski definition) is 5. The van der Waals surface area contributed by atoms with Crippen molar-refractivity contribution in [1.29, 1.82) is 0 Å². The standard InChI is InChI=1S/C10H20N2O4/c1-5-16-10(14)8(11)9(13)12(3)7(2)6-15-4/h7-8H,5-6,11H2,1-4H3. The SMILES string of the molecule is CCOC(=O)C(N)C(=O)N(C)C(C)COC. The summed E-state index contributed by atoms with van der Waals surface area (Å²) in [6, 6.07) is -1.40. The van der Waals surface area contributed by atoms with Gasteiger partial charge in [-0.15, -0.1) is 0 Å². The fourth-order valence-electron chi connectivity index (χ4n) is 1.12. The lowest BCUT2D eigenvalue weighted by Crippen LogP contribution is -2.51. The number of nitrogens with two attached hydrogens (primary N) is 1. The summed E-state index contributed by atoms with van der Waals surface area (Å²) < 4.78 is 9.58. The van der Waals surface area contributed by atoms with Crippen molar-refractivity contribution in [1.82, 2.24) is 4.90 Å². The molecule has 0 radical (unpaired) electrons. The largest absolute Gasteiger partial charge is 0.464 e. The summed E-state index contributed by atoms with van der Waals surface area (Å²) in [5, 5.41) is 0. The van der Waals surface area contributed by atoms with Crippen LogP contribution in [0, 0.1) is 0 Å². The van der Waals surface area contributed by atoms with Crippen LogP contribution in [0.2, 0.25) is 0 Å². The molecule has 0 rings (SSSR count). The number of methoxy groups -OCH3 is 1. The van der Waals surface area contributed by atoms with Crippen molar-refractivity contribution in [3.05, 3.63) is 0 Å². The third-order valence-electron chi connectivity index (χ3n) is 2.22. The van der Waals surface area contributed by atoms with Gasteiger partial charge in [-0.05, 0) is 13.8 Å². The Bertz CT molecular complexity index is 245. The van der Waals surface area contributed by atoms with Crippen LogP contribution in [-0.4, -0.2) is 56.2 Å². The number of nitrogens with zero attached hydrogens (tertiary/aromatic N) is 1. The van der Waals surface area contributed by atoms with E-state index in [-0.39, 0.29) is 12.6 Å². The molecule has 0 fully saturated rings. The number of hydrogen-bond donors (Lipinski definition) is 1. The molecule has 0 aromatic carbocycles. The highest BCUT2D eigenvalue weighted by Gasteiger charge is 2.28. The molecule has 2 atom stereocenters. The molecule has 0 spiro atoms. The van der Waals surface area contributed by atoms with Crippen molar-refractivity contribution >= 4 is 11.9 Å². The van der Waals surface area contributed by atoms with Gasteiger partial charge in [0.1, 0.15) is 0 Å². The lowest BCUT2D eigenvalue weighted by Gasteiger charge is -2.26. The number of ether oxygens (including phenoxy) is 2. The Labute approximate surface area is 95.7 Å². The van der Waals surface area contributed by atoms with E-state index >= 15 is 0 Å². The van der Waals surface area contributed by atoms with Crippen LogP contribution in [-0.2, 0) is 19.1 Å². The number of likely N-dealkylation sites (N-methyl/N-ethyl adjacent to an activating group) is 1. The first-order valence-electron chi connectivity index (χ1n) is 5.13. The van der Waals surface area contributed by atoms with Gasteiger partial charge in [-0.25, -0.2) is 4.79 Å². The van der Waals surface area contributed by atoms with Crippen molar-refractivity contribution < 1.29 is 19.1 Å². The highest BCUT2D eigenvalue weighted by atomic mass is 16.5. The Morgan fingerprint density at radius 1 is 1.44 bits per heavy atom. The molecule has 0 heterocycles. The Balaban J connectivity index is 4.36. The molecule has 2 N–H and O–H groups in total. The van der Waals surface area contributed by atoms with Gasteiger partial charge in [0.2, 0.25) is 0 Å². The third-order valence-corrected chi connectivity index (χ3v) is 2.22. The first-order valence-corrected chi connectivity index (χ1v) is 5.13. The zero-order chi connectivity index (χ0) is 12.7. The zero-order valence-electron chi connectivity index (χ0n) is 10.2. The quantitative estimate of drug-likeness (QED) is 0.487. The minimum Gasteiger partial charge on any atom is -0.464 e. The third kappa shape index (κ3) is 4.16. The molecule has 0 bridgehead atoms. The van der Waals surface area contributed by atoms with Crippen LogP contribution in [0.15, 0.2) is 0 Å². The second-order valence-corrected chi connectivity index (χ2v) is 3.48. The van der Waals surface area contributed by atoms with Crippen molar-refractivity contribution in [2.24, 2.45) is 5.73 Å². The van der Waals surface area contributed by atoms with Crippen molar-refractivity contribution in [2.45, 2.75) is 25.9 Å². The monoisotopic (exact) mass is 232 g/mol. The number of esters is 1. The number of rotatable bonds is 6. The van der Waals surface area contributed by atoms with E-state index in [9.17, 15) is 9.59 Å². The van der Waals surface area contributed by atoms with Gasteiger partial charge in [0.15, 0.2) is 6.04 Å². The van der Waals surface area contributed by atoms with E-state index in [1.165, 1.54) is 4.90 Å². The average Bonchev–Trinajstić information content (AvgIpc) is 2.26. The van der Waals surface area contributed by atoms with Crippen LogP contribution in [0.4, 0.5) is 0 Å². The van der Waals surface area contributed by atoms with Crippen molar-refractivity contribution in [3.63, 3.8) is 0 Å². The molecule has 6 heteroatoms. The highest BCUT2D eigenvalue weighted by molar-refractivity contribution is 6.01. The molecule has 0 aliphatic heterocycles. The van der Waals surface area contributed by atoms with Gasteiger partial charge in [-0.2, -0.15) is 0 Å². The van der Waals surface area contributed by atoms with Gasteiger partial charge < -0.3 is 20.1 Å². The minimum atomic E-state index is -1.26. The lowest BCUT2D eigenvalue weighted by atomic mass is 10.2. The second kappa shape index (κ2) is 7.19. The van der Waals surface area contributed by atoms with Gasteiger partial charge in [-0.3, -0.25) is 4.79 Å². The minimum absolute atomic E-state index is 0.141. The maximum absolute atomic E-state index is 11.7. The molecule has 2 unspecified atom stereocenters. The molecular formula is C10H20N2O4. The summed E-state index contributed by atoms with van der Waals surface area (Å²) in [5.74, 6) is -1.17. The summed E-state index contributed by atoms with van der Waals surface area (Å²) in [6.45, 7) is 4.06. The van der Waals surface area contributed by atoms with Crippen LogP contribution < -0.4 is 5.73 Å². The first kappa shape index (κ1) is 14.9. The molecule has 0 aliphatic rings. The molecule has 0 saturated heterocycles. The smallest absolute Gasteiger partial charge is 0.332 e. The van der Waals surface area contributed by atoms with E-state index in [0.29, 0.717) is 6.61 Å². The van der Waals surface area contributed by atoms with Crippen LogP contribution in [0.1, 0.15) is 13.8 Å². The lowest BCUT2D eigenvalue weighted by molar-refractivity contribution is -0.151. The maximum atomic E-state index is 11.7. The molecule has 1 amide bonds. The fourth-order valence-corrected chi connectivity index (χ4v) is 1.12. The summed E-state index contributed by atoms with van der Waals surface area (Å²) in [5.41, 5.74) is 5.48. The number of carbonyl (C=O) groups excluding carboxylic acids is 2. The Kier molecular flexibility index (Phi) is 6.67. The first-order chi connectivity index (χ1) is 7.45. The topological polar surface area (TPSA) is 81.9 Å². The predicted molar refractivity (Wildman–Crippen MR) is 58.7 cm³/mol. The van der Waals surface area contributed by atoms with E-state index in [2.05, 4.69) is 4.74 Å². The fraction of sp³-hybridized carbons (Fsp3) is 0.800. The van der Waals surface area contributed by atoms with Gasteiger partial charge in [0, 0.05) is 14.2 Å². The molecule has 94 valence electrons. The molecule has 16 heavy (non-hydrogen) atoms. The number of carbonyl (C=O) groups is 2. The van der Waals surface area contributed by atoms with Crippen molar-refractivity contribution in [3.8, 4) is 0 Å². The molecule has 0 aromatic heterocycles. The van der Waals surface area contributed by atoms with E-state index in [4.69, 9.17) is 10.5 Å². The second-order valence-electron chi connectivity index (χ2n) is 3.48. The molecule has 0 aliphatic carbocycles. The van der Waals surface area contributed by atoms with Gasteiger partial charge >= 0.3 is 5.97 Å². The molecular weight excluding hydrogens is 212 g/mol. The Morgan fingerprint density at radius 3 is 2.44 bits per heavy atom. The predicted octanol–water partition coefficient (Wildman–Crippen LogP) is -0.630. The van der Waals surface area contributed by atoms with Crippen LogP contribution in [0.25, 0.3) is 0 Å². The highest BCUT2D eigenvalue weighted by Crippen LogP contribution is 2.00. The Morgan fingerprint density at radius 2 is 2.00 bits per heavy atom. The summed E-state index contributed by atoms with van der Waals surface area (Å²) in [7, 11) is 3.12. The summed E-state index contributed by atoms with van der Waals surface area (Å²) in [4.78, 5) is 24.3. The molecule has 0 saturated carbocycles. The summed E-state index contributed by atoms with van der Waals surface area (Å²) >= 11 is 0. The van der Waals surface area contributed by atoms with Gasteiger partial charge in [-0.1, -0.05) is 0 Å². The van der Waals surface area contributed by atoms with E-state index in [1.807, 2.05) is 0 Å². The van der Waals surface area contributed by atoms with Crippen molar-refractivity contribution in [2.75, 3.05) is 27.4 Å². The normalized spacial score (nSPS) is 14.1. The maximum Gasteiger partial charge on any atom is 0.332 e. The average molecular weight is 232 g/mol.